The van der Waals surface area contributed by atoms with Gasteiger partial charge in [0.25, 0.3) is 0 Å². The highest BCUT2D eigenvalue weighted by Crippen LogP contribution is 2.48. The predicted octanol–water partition coefficient (Wildman–Crippen LogP) is 2.71. The SMILES string of the molecule is CCOC(=O)N1[C@H]2CC[C@@H]1c1c(nc(N)c(C#N)c1-c1cc(CC)[nH]n1)C2. The lowest BCUT2D eigenvalue weighted by molar-refractivity contribution is 0.0835. The maximum atomic E-state index is 12.6. The van der Waals surface area contributed by atoms with Gasteiger partial charge in [0.15, 0.2) is 0 Å². The second-order valence-electron chi connectivity index (χ2n) is 6.91. The molecule has 2 aromatic rings. The molecule has 0 aromatic carbocycles. The summed E-state index contributed by atoms with van der Waals surface area (Å²) in [5, 5.41) is 17.2. The third-order valence-electron chi connectivity index (χ3n) is 5.46. The molecule has 0 unspecified atom stereocenters. The zero-order chi connectivity index (χ0) is 19.1. The molecule has 2 aliphatic rings. The van der Waals surface area contributed by atoms with E-state index in [0.717, 1.165) is 36.2 Å². The molecule has 1 saturated heterocycles. The van der Waals surface area contributed by atoms with Gasteiger partial charge in [-0.3, -0.25) is 10.00 Å². The summed E-state index contributed by atoms with van der Waals surface area (Å²) in [5.74, 6) is 0.219. The molecule has 2 aliphatic heterocycles. The molecule has 4 heterocycles. The number of amides is 1. The number of aryl methyl sites for hydroxylation is 1. The van der Waals surface area contributed by atoms with Crippen LogP contribution in [0.15, 0.2) is 6.07 Å². The molecule has 0 saturated carbocycles. The Balaban J connectivity index is 1.92. The van der Waals surface area contributed by atoms with E-state index in [4.69, 9.17) is 10.5 Å². The van der Waals surface area contributed by atoms with E-state index in [-0.39, 0.29) is 24.0 Å². The third-order valence-corrected chi connectivity index (χ3v) is 5.46. The highest BCUT2D eigenvalue weighted by molar-refractivity contribution is 5.80. The summed E-state index contributed by atoms with van der Waals surface area (Å²) in [6.07, 6.45) is 2.79. The Hall–Kier alpha value is -3.08. The number of aromatic nitrogens is 3. The van der Waals surface area contributed by atoms with Gasteiger partial charge in [-0.1, -0.05) is 6.92 Å². The number of nitrogens with zero attached hydrogens (tertiary/aromatic N) is 4. The van der Waals surface area contributed by atoms with E-state index in [1.807, 2.05) is 17.9 Å². The molecule has 3 N–H and O–H groups in total. The molecule has 27 heavy (non-hydrogen) atoms. The number of nitrogens with two attached hydrogens (primary N) is 1. The fourth-order valence-corrected chi connectivity index (χ4v) is 4.30. The zero-order valence-corrected chi connectivity index (χ0v) is 15.5. The van der Waals surface area contributed by atoms with Crippen LogP contribution in [0.3, 0.4) is 0 Å². The number of nitrogen functional groups attached to an aromatic ring is 1. The van der Waals surface area contributed by atoms with Crippen molar-refractivity contribution in [3.63, 3.8) is 0 Å². The Morgan fingerprint density at radius 2 is 2.30 bits per heavy atom. The second kappa shape index (κ2) is 6.58. The van der Waals surface area contributed by atoms with Crippen molar-refractivity contribution in [1.82, 2.24) is 20.1 Å². The number of nitriles is 1. The predicted molar refractivity (Wildman–Crippen MR) is 98.7 cm³/mol. The number of hydrogen-bond donors (Lipinski definition) is 2. The highest BCUT2D eigenvalue weighted by Gasteiger charge is 2.46. The number of hydrogen-bond acceptors (Lipinski definition) is 6. The number of nitrogens with one attached hydrogen (secondary N) is 1. The third kappa shape index (κ3) is 2.62. The van der Waals surface area contributed by atoms with Crippen LogP contribution >= 0.6 is 0 Å². The topological polar surface area (TPSA) is 121 Å². The minimum absolute atomic E-state index is 0.0552. The van der Waals surface area contributed by atoms with Crippen LogP contribution in [0.1, 0.15) is 55.2 Å². The number of carbonyl (C=O) groups is 1. The Morgan fingerprint density at radius 3 is 2.96 bits per heavy atom. The number of rotatable bonds is 3. The lowest BCUT2D eigenvalue weighted by atomic mass is 9.89. The van der Waals surface area contributed by atoms with E-state index < -0.39 is 0 Å². The van der Waals surface area contributed by atoms with Gasteiger partial charge in [0, 0.05) is 29.3 Å². The Kier molecular flexibility index (Phi) is 4.22. The molecule has 2 atom stereocenters. The Morgan fingerprint density at radius 1 is 1.48 bits per heavy atom. The minimum atomic E-state index is -0.312. The van der Waals surface area contributed by atoms with Gasteiger partial charge in [-0.05, 0) is 32.3 Å². The number of aromatic amines is 1. The van der Waals surface area contributed by atoms with Gasteiger partial charge in [0.05, 0.1) is 24.0 Å². The zero-order valence-electron chi connectivity index (χ0n) is 15.5. The monoisotopic (exact) mass is 366 g/mol. The fraction of sp³-hybridized carbons (Fsp3) is 0.474. The average Bonchev–Trinajstić information content (AvgIpc) is 3.24. The van der Waals surface area contributed by atoms with E-state index in [1.54, 1.807) is 6.92 Å². The quantitative estimate of drug-likeness (QED) is 0.861. The van der Waals surface area contributed by atoms with Crippen molar-refractivity contribution in [1.29, 1.82) is 5.26 Å². The Bertz CT molecular complexity index is 944. The van der Waals surface area contributed by atoms with Crippen LogP contribution in [0, 0.1) is 11.3 Å². The van der Waals surface area contributed by atoms with E-state index in [1.165, 1.54) is 0 Å². The summed E-state index contributed by atoms with van der Waals surface area (Å²) >= 11 is 0. The number of fused-ring (bicyclic) bond motifs is 4. The van der Waals surface area contributed by atoms with Gasteiger partial charge in [-0.15, -0.1) is 0 Å². The summed E-state index contributed by atoms with van der Waals surface area (Å²) < 4.78 is 5.28. The molecule has 0 spiro atoms. The first-order chi connectivity index (χ1) is 13.1. The van der Waals surface area contributed by atoms with Gasteiger partial charge in [0.1, 0.15) is 17.5 Å². The standard InChI is InChI=1S/C19H22N6O2/c1-3-10-7-14(24-23-10)16-12(9-20)18(21)22-13-8-11-5-6-15(17(13)16)25(11)19(26)27-4-2/h7,11,15H,3-6,8H2,1-2H3,(H2,21,22)(H,23,24)/t11-,15+/m0/s1. The number of H-pyrrole nitrogens is 1. The lowest BCUT2D eigenvalue weighted by Gasteiger charge is -2.36. The number of pyridine rings is 1. The summed E-state index contributed by atoms with van der Waals surface area (Å²) in [5.41, 5.74) is 10.5. The summed E-state index contributed by atoms with van der Waals surface area (Å²) in [6, 6.07) is 4.01. The molecule has 1 amide bonds. The first kappa shape index (κ1) is 17.3. The second-order valence-corrected chi connectivity index (χ2v) is 6.91. The van der Waals surface area contributed by atoms with Crippen molar-refractivity contribution >= 4 is 11.9 Å². The number of anilines is 1. The van der Waals surface area contributed by atoms with Crippen LogP contribution in [0.5, 0.6) is 0 Å². The van der Waals surface area contributed by atoms with E-state index >= 15 is 0 Å². The maximum Gasteiger partial charge on any atom is 0.410 e. The van der Waals surface area contributed by atoms with Crippen LogP contribution in [-0.2, 0) is 17.6 Å². The van der Waals surface area contributed by atoms with Crippen molar-refractivity contribution in [3.8, 4) is 17.3 Å². The first-order valence-electron chi connectivity index (χ1n) is 9.31. The molecule has 1 fully saturated rings. The van der Waals surface area contributed by atoms with Crippen molar-refractivity contribution in [2.24, 2.45) is 0 Å². The molecule has 140 valence electrons. The molecule has 2 aromatic heterocycles. The molecular formula is C19H22N6O2. The molecule has 4 rings (SSSR count). The average molecular weight is 366 g/mol. The largest absolute Gasteiger partial charge is 0.450 e. The number of ether oxygens (including phenoxy) is 1. The molecule has 2 bridgehead atoms. The van der Waals surface area contributed by atoms with Gasteiger partial charge < -0.3 is 10.5 Å². The van der Waals surface area contributed by atoms with Crippen molar-refractivity contribution in [3.05, 3.63) is 28.6 Å². The first-order valence-corrected chi connectivity index (χ1v) is 9.31. The van der Waals surface area contributed by atoms with E-state index in [0.29, 0.717) is 29.8 Å². The van der Waals surface area contributed by atoms with Crippen LogP contribution < -0.4 is 5.73 Å². The Labute approximate surface area is 157 Å². The van der Waals surface area contributed by atoms with Crippen LogP contribution in [-0.4, -0.2) is 38.8 Å². The molecule has 8 heteroatoms. The molecule has 0 aliphatic carbocycles. The van der Waals surface area contributed by atoms with E-state index in [2.05, 4.69) is 21.3 Å². The smallest absolute Gasteiger partial charge is 0.410 e. The molecule has 8 nitrogen and oxygen atoms in total. The fourth-order valence-electron chi connectivity index (χ4n) is 4.30. The molecule has 0 radical (unpaired) electrons. The normalized spacial score (nSPS) is 20.3. The van der Waals surface area contributed by atoms with Gasteiger partial charge in [0.2, 0.25) is 0 Å². The minimum Gasteiger partial charge on any atom is -0.450 e. The highest BCUT2D eigenvalue weighted by atomic mass is 16.6. The summed E-state index contributed by atoms with van der Waals surface area (Å²) in [4.78, 5) is 18.9. The summed E-state index contributed by atoms with van der Waals surface area (Å²) in [6.45, 7) is 4.16. The van der Waals surface area contributed by atoms with Crippen LogP contribution in [0.25, 0.3) is 11.3 Å². The van der Waals surface area contributed by atoms with Crippen LogP contribution in [0.2, 0.25) is 0 Å². The lowest BCUT2D eigenvalue weighted by Crippen LogP contribution is -2.43. The molecular weight excluding hydrogens is 344 g/mol. The van der Waals surface area contributed by atoms with Gasteiger partial charge in [-0.2, -0.15) is 10.4 Å². The van der Waals surface area contributed by atoms with Gasteiger partial charge >= 0.3 is 6.09 Å². The van der Waals surface area contributed by atoms with Crippen LogP contribution in [0.4, 0.5) is 10.6 Å². The van der Waals surface area contributed by atoms with Crippen molar-refractivity contribution < 1.29 is 9.53 Å². The van der Waals surface area contributed by atoms with Crippen molar-refractivity contribution in [2.45, 2.75) is 51.6 Å². The van der Waals surface area contributed by atoms with Gasteiger partial charge in [-0.25, -0.2) is 9.78 Å². The maximum absolute atomic E-state index is 12.6. The van der Waals surface area contributed by atoms with Crippen molar-refractivity contribution in [2.75, 3.05) is 12.3 Å². The summed E-state index contributed by atoms with van der Waals surface area (Å²) in [7, 11) is 0. The number of carbonyl (C=O) groups excluding carboxylic acids is 1. The van der Waals surface area contributed by atoms with E-state index in [9.17, 15) is 10.1 Å².